The molecule has 1 aliphatic rings. The SMILES string of the molecule is CC1CCCC(CNCC(C)C(C)C)C1. The molecule has 0 aromatic rings. The molecule has 0 amide bonds. The molecule has 1 N–H and O–H groups in total. The highest BCUT2D eigenvalue weighted by Crippen LogP contribution is 2.27. The van der Waals surface area contributed by atoms with Gasteiger partial charge < -0.3 is 5.32 Å². The van der Waals surface area contributed by atoms with Crippen LogP contribution in [0.15, 0.2) is 0 Å². The number of nitrogens with one attached hydrogen (secondary N) is 1. The Morgan fingerprint density at radius 2 is 1.93 bits per heavy atom. The molecule has 1 nitrogen and oxygen atoms in total. The largest absolute Gasteiger partial charge is 0.316 e. The first-order chi connectivity index (χ1) is 7.09. The van der Waals surface area contributed by atoms with Crippen molar-refractivity contribution in [1.29, 1.82) is 0 Å². The van der Waals surface area contributed by atoms with Gasteiger partial charge in [-0.05, 0) is 49.6 Å². The van der Waals surface area contributed by atoms with Gasteiger partial charge in [-0.2, -0.15) is 0 Å². The molecule has 1 fully saturated rings. The van der Waals surface area contributed by atoms with E-state index in [4.69, 9.17) is 0 Å². The standard InChI is InChI=1S/C14H29N/c1-11(2)13(4)9-15-10-14-7-5-6-12(3)8-14/h11-15H,5-10H2,1-4H3. The van der Waals surface area contributed by atoms with Crippen molar-refractivity contribution < 1.29 is 0 Å². The van der Waals surface area contributed by atoms with Crippen molar-refractivity contribution in [3.8, 4) is 0 Å². The van der Waals surface area contributed by atoms with Gasteiger partial charge >= 0.3 is 0 Å². The van der Waals surface area contributed by atoms with Crippen molar-refractivity contribution in [2.75, 3.05) is 13.1 Å². The van der Waals surface area contributed by atoms with Crippen LogP contribution in [0.2, 0.25) is 0 Å². The van der Waals surface area contributed by atoms with Crippen LogP contribution in [0.3, 0.4) is 0 Å². The Morgan fingerprint density at radius 1 is 1.20 bits per heavy atom. The van der Waals surface area contributed by atoms with Crippen molar-refractivity contribution in [2.24, 2.45) is 23.7 Å². The molecule has 0 aliphatic heterocycles. The van der Waals surface area contributed by atoms with Gasteiger partial charge in [0, 0.05) is 0 Å². The summed E-state index contributed by atoms with van der Waals surface area (Å²) < 4.78 is 0. The van der Waals surface area contributed by atoms with Crippen LogP contribution in [0, 0.1) is 23.7 Å². The van der Waals surface area contributed by atoms with E-state index in [1.165, 1.54) is 38.8 Å². The molecule has 1 aliphatic carbocycles. The molecule has 1 rings (SSSR count). The van der Waals surface area contributed by atoms with Gasteiger partial charge in [-0.1, -0.05) is 40.5 Å². The summed E-state index contributed by atoms with van der Waals surface area (Å²) in [6, 6.07) is 0. The van der Waals surface area contributed by atoms with E-state index in [-0.39, 0.29) is 0 Å². The van der Waals surface area contributed by atoms with E-state index >= 15 is 0 Å². The normalized spacial score (nSPS) is 29.4. The van der Waals surface area contributed by atoms with Gasteiger partial charge in [-0.15, -0.1) is 0 Å². The Bertz CT molecular complexity index is 165. The van der Waals surface area contributed by atoms with E-state index < -0.39 is 0 Å². The van der Waals surface area contributed by atoms with Gasteiger partial charge in [-0.25, -0.2) is 0 Å². The minimum absolute atomic E-state index is 0.808. The quantitative estimate of drug-likeness (QED) is 0.731. The maximum atomic E-state index is 3.66. The van der Waals surface area contributed by atoms with Gasteiger partial charge in [-0.3, -0.25) is 0 Å². The van der Waals surface area contributed by atoms with Crippen molar-refractivity contribution in [2.45, 2.75) is 53.4 Å². The highest BCUT2D eigenvalue weighted by Gasteiger charge is 2.18. The minimum Gasteiger partial charge on any atom is -0.316 e. The van der Waals surface area contributed by atoms with Crippen molar-refractivity contribution in [3.63, 3.8) is 0 Å². The first-order valence-electron chi connectivity index (χ1n) is 6.80. The predicted octanol–water partition coefficient (Wildman–Crippen LogP) is 3.69. The molecule has 0 aromatic carbocycles. The molecule has 90 valence electrons. The number of rotatable bonds is 5. The molecule has 1 saturated carbocycles. The zero-order valence-electron chi connectivity index (χ0n) is 11.1. The third-order valence-electron chi connectivity index (χ3n) is 4.08. The van der Waals surface area contributed by atoms with Gasteiger partial charge in [0.25, 0.3) is 0 Å². The fraction of sp³-hybridized carbons (Fsp3) is 1.00. The summed E-state index contributed by atoms with van der Waals surface area (Å²) in [5.74, 6) is 3.54. The maximum Gasteiger partial charge on any atom is -0.00203 e. The van der Waals surface area contributed by atoms with Crippen LogP contribution in [0.4, 0.5) is 0 Å². The van der Waals surface area contributed by atoms with Gasteiger partial charge in [0.15, 0.2) is 0 Å². The molecule has 0 aromatic heterocycles. The lowest BCUT2D eigenvalue weighted by Crippen LogP contribution is -2.31. The Kier molecular flexibility index (Phi) is 5.66. The minimum atomic E-state index is 0.808. The molecule has 1 heteroatoms. The molecule has 0 saturated heterocycles. The molecule has 3 unspecified atom stereocenters. The van der Waals surface area contributed by atoms with Crippen LogP contribution in [-0.2, 0) is 0 Å². The number of hydrogen-bond donors (Lipinski definition) is 1. The molecular weight excluding hydrogens is 182 g/mol. The van der Waals surface area contributed by atoms with Gasteiger partial charge in [0.1, 0.15) is 0 Å². The van der Waals surface area contributed by atoms with E-state index in [2.05, 4.69) is 33.0 Å². The first-order valence-corrected chi connectivity index (χ1v) is 6.80. The third kappa shape index (κ3) is 5.01. The summed E-state index contributed by atoms with van der Waals surface area (Å²) in [6.07, 6.45) is 5.81. The summed E-state index contributed by atoms with van der Waals surface area (Å²) in [5.41, 5.74) is 0. The van der Waals surface area contributed by atoms with E-state index in [1.807, 2.05) is 0 Å². The van der Waals surface area contributed by atoms with Crippen LogP contribution in [0.1, 0.15) is 53.4 Å². The third-order valence-corrected chi connectivity index (χ3v) is 4.08. The van der Waals surface area contributed by atoms with Gasteiger partial charge in [0.2, 0.25) is 0 Å². The van der Waals surface area contributed by atoms with Crippen molar-refractivity contribution in [3.05, 3.63) is 0 Å². The zero-order chi connectivity index (χ0) is 11.3. The lowest BCUT2D eigenvalue weighted by Gasteiger charge is -2.27. The Balaban J connectivity index is 2.09. The molecule has 0 spiro atoms. The van der Waals surface area contributed by atoms with Crippen LogP contribution in [-0.4, -0.2) is 13.1 Å². The summed E-state index contributed by atoms with van der Waals surface area (Å²) >= 11 is 0. The van der Waals surface area contributed by atoms with Crippen molar-refractivity contribution >= 4 is 0 Å². The van der Waals surface area contributed by atoms with Gasteiger partial charge in [0.05, 0.1) is 0 Å². The molecule has 0 bridgehead atoms. The summed E-state index contributed by atoms with van der Waals surface area (Å²) in [5, 5.41) is 3.66. The topological polar surface area (TPSA) is 12.0 Å². The monoisotopic (exact) mass is 211 g/mol. The summed E-state index contributed by atoms with van der Waals surface area (Å²) in [4.78, 5) is 0. The lowest BCUT2D eigenvalue weighted by atomic mass is 9.82. The second kappa shape index (κ2) is 6.52. The average Bonchev–Trinajstić information content (AvgIpc) is 2.17. The summed E-state index contributed by atoms with van der Waals surface area (Å²) in [7, 11) is 0. The van der Waals surface area contributed by atoms with Crippen LogP contribution in [0.25, 0.3) is 0 Å². The molecular formula is C14H29N. The fourth-order valence-electron chi connectivity index (χ4n) is 2.50. The van der Waals surface area contributed by atoms with Crippen LogP contribution in [0.5, 0.6) is 0 Å². The predicted molar refractivity (Wildman–Crippen MR) is 68.0 cm³/mol. The van der Waals surface area contributed by atoms with Crippen LogP contribution >= 0.6 is 0 Å². The van der Waals surface area contributed by atoms with Crippen molar-refractivity contribution in [1.82, 2.24) is 5.32 Å². The highest BCUT2D eigenvalue weighted by molar-refractivity contribution is 4.73. The molecule has 3 atom stereocenters. The van der Waals surface area contributed by atoms with E-state index in [1.54, 1.807) is 0 Å². The second-order valence-electron chi connectivity index (χ2n) is 6.02. The van der Waals surface area contributed by atoms with E-state index in [0.29, 0.717) is 0 Å². The Labute approximate surface area is 96.0 Å². The highest BCUT2D eigenvalue weighted by atomic mass is 14.9. The van der Waals surface area contributed by atoms with E-state index in [9.17, 15) is 0 Å². The first kappa shape index (κ1) is 13.0. The molecule has 0 radical (unpaired) electrons. The molecule has 0 heterocycles. The fourth-order valence-corrected chi connectivity index (χ4v) is 2.50. The average molecular weight is 211 g/mol. The van der Waals surface area contributed by atoms with Crippen LogP contribution < -0.4 is 5.32 Å². The maximum absolute atomic E-state index is 3.66. The summed E-state index contributed by atoms with van der Waals surface area (Å²) in [6.45, 7) is 11.8. The van der Waals surface area contributed by atoms with E-state index in [0.717, 1.165) is 23.7 Å². The zero-order valence-corrected chi connectivity index (χ0v) is 11.1. The molecule has 15 heavy (non-hydrogen) atoms. The smallest absolute Gasteiger partial charge is 0.00203 e. The number of hydrogen-bond acceptors (Lipinski definition) is 1. The lowest BCUT2D eigenvalue weighted by molar-refractivity contribution is 0.266. The second-order valence-corrected chi connectivity index (χ2v) is 6.02. The Hall–Kier alpha value is -0.0400. The Morgan fingerprint density at radius 3 is 2.53 bits per heavy atom.